The van der Waals surface area contributed by atoms with E-state index >= 15 is 0 Å². The van der Waals surface area contributed by atoms with Gasteiger partial charge in [-0.25, -0.2) is 4.79 Å². The molecule has 1 saturated heterocycles. The Hall–Kier alpha value is -1.36. The van der Waals surface area contributed by atoms with E-state index in [1.807, 2.05) is 27.7 Å². The third kappa shape index (κ3) is 4.57. The lowest BCUT2D eigenvalue weighted by molar-refractivity contribution is 0.0517. The minimum atomic E-state index is -0.544. The molecule has 0 aromatic carbocycles. The summed E-state index contributed by atoms with van der Waals surface area (Å²) in [4.78, 5) is 12.1. The van der Waals surface area contributed by atoms with Crippen LogP contribution in [-0.4, -0.2) is 35.7 Å². The van der Waals surface area contributed by atoms with Gasteiger partial charge in [-0.15, -0.1) is 0 Å². The number of carbonyl (C=O) groups excluding carboxylic acids is 1. The quantitative estimate of drug-likeness (QED) is 0.464. The number of epoxide rings is 1. The predicted molar refractivity (Wildman–Crippen MR) is 86.3 cm³/mol. The van der Waals surface area contributed by atoms with Crippen LogP contribution in [0.5, 0.6) is 0 Å². The molecule has 0 bridgehead atoms. The zero-order chi connectivity index (χ0) is 16.5. The molecule has 0 saturated carbocycles. The van der Waals surface area contributed by atoms with Crippen molar-refractivity contribution in [2.75, 3.05) is 6.61 Å². The highest BCUT2D eigenvalue weighted by Crippen LogP contribution is 2.32. The SMILES string of the molecule is CC1C=C(CC(NC(=O)OC(C)(C)C)C(=N)C2(C)CO2)CC1. The second-order valence-electron chi connectivity index (χ2n) is 7.68. The number of hydrogen-bond acceptors (Lipinski definition) is 4. The normalized spacial score (nSPS) is 28.8. The molecule has 1 heterocycles. The van der Waals surface area contributed by atoms with Crippen molar-refractivity contribution in [3.8, 4) is 0 Å². The topological polar surface area (TPSA) is 74.7 Å². The minimum Gasteiger partial charge on any atom is -0.444 e. The van der Waals surface area contributed by atoms with E-state index in [1.165, 1.54) is 5.57 Å². The lowest BCUT2D eigenvalue weighted by Gasteiger charge is -2.25. The summed E-state index contributed by atoms with van der Waals surface area (Å²) < 4.78 is 10.7. The van der Waals surface area contributed by atoms with E-state index in [9.17, 15) is 4.79 Å². The van der Waals surface area contributed by atoms with Gasteiger partial charge < -0.3 is 20.2 Å². The molecule has 3 unspecified atom stereocenters. The summed E-state index contributed by atoms with van der Waals surface area (Å²) in [6.07, 6.45) is 4.64. The van der Waals surface area contributed by atoms with E-state index in [1.54, 1.807) is 0 Å². The number of hydrogen-bond donors (Lipinski definition) is 2. The van der Waals surface area contributed by atoms with Gasteiger partial charge in [0.15, 0.2) is 0 Å². The van der Waals surface area contributed by atoms with Crippen molar-refractivity contribution >= 4 is 11.8 Å². The van der Waals surface area contributed by atoms with Crippen LogP contribution in [0.2, 0.25) is 0 Å². The largest absolute Gasteiger partial charge is 0.444 e. The minimum absolute atomic E-state index is 0.362. The van der Waals surface area contributed by atoms with Crippen molar-refractivity contribution in [3.05, 3.63) is 11.6 Å². The third-order valence-corrected chi connectivity index (χ3v) is 4.09. The summed E-state index contributed by atoms with van der Waals surface area (Å²) in [5, 5.41) is 11.2. The zero-order valence-corrected chi connectivity index (χ0v) is 14.3. The molecule has 2 rings (SSSR count). The first-order valence-corrected chi connectivity index (χ1v) is 8.01. The molecule has 1 aliphatic carbocycles. The highest BCUT2D eigenvalue weighted by Gasteiger charge is 2.47. The molecule has 1 amide bonds. The molecule has 2 N–H and O–H groups in total. The Morgan fingerprint density at radius 3 is 2.68 bits per heavy atom. The van der Waals surface area contributed by atoms with Crippen LogP contribution < -0.4 is 5.32 Å². The van der Waals surface area contributed by atoms with Crippen molar-refractivity contribution < 1.29 is 14.3 Å². The van der Waals surface area contributed by atoms with Crippen LogP contribution in [0, 0.1) is 11.3 Å². The molecule has 124 valence electrons. The summed E-state index contributed by atoms with van der Waals surface area (Å²) in [5.74, 6) is 0.583. The Bertz CT molecular complexity index is 487. The predicted octanol–water partition coefficient (Wildman–Crippen LogP) is 3.43. The van der Waals surface area contributed by atoms with E-state index < -0.39 is 17.3 Å². The average Bonchev–Trinajstić information content (AvgIpc) is 2.98. The molecule has 0 aromatic heterocycles. The van der Waals surface area contributed by atoms with E-state index in [0.717, 1.165) is 12.8 Å². The first-order chi connectivity index (χ1) is 10.1. The number of ether oxygens (including phenoxy) is 2. The summed E-state index contributed by atoms with van der Waals surface area (Å²) in [6, 6.07) is -0.362. The van der Waals surface area contributed by atoms with Crippen molar-refractivity contribution in [1.29, 1.82) is 5.41 Å². The van der Waals surface area contributed by atoms with E-state index in [-0.39, 0.29) is 6.04 Å². The lowest BCUT2D eigenvalue weighted by Crippen LogP contribution is -2.47. The summed E-state index contributed by atoms with van der Waals surface area (Å²) in [7, 11) is 0. The highest BCUT2D eigenvalue weighted by atomic mass is 16.6. The molecule has 3 atom stereocenters. The van der Waals surface area contributed by atoms with Crippen LogP contribution in [-0.2, 0) is 9.47 Å². The van der Waals surface area contributed by atoms with E-state index in [2.05, 4.69) is 18.3 Å². The van der Waals surface area contributed by atoms with Crippen molar-refractivity contribution in [2.24, 2.45) is 5.92 Å². The maximum Gasteiger partial charge on any atom is 0.408 e. The fourth-order valence-corrected chi connectivity index (χ4v) is 2.72. The van der Waals surface area contributed by atoms with E-state index in [0.29, 0.717) is 24.7 Å². The summed E-state index contributed by atoms with van der Waals surface area (Å²) in [6.45, 7) is 10.1. The maximum atomic E-state index is 12.1. The first kappa shape index (κ1) is 17.0. The molecular formula is C17H28N2O3. The van der Waals surface area contributed by atoms with Crippen molar-refractivity contribution in [2.45, 2.75) is 71.1 Å². The van der Waals surface area contributed by atoms with Crippen molar-refractivity contribution in [1.82, 2.24) is 5.32 Å². The van der Waals surface area contributed by atoms with Gasteiger partial charge in [-0.3, -0.25) is 0 Å². The second-order valence-corrected chi connectivity index (χ2v) is 7.68. The molecule has 1 aliphatic heterocycles. The average molecular weight is 308 g/mol. The first-order valence-electron chi connectivity index (χ1n) is 8.01. The van der Waals surface area contributed by atoms with Crippen LogP contribution in [0.4, 0.5) is 4.79 Å². The fraction of sp³-hybridized carbons (Fsp3) is 0.765. The summed E-state index contributed by atoms with van der Waals surface area (Å²) >= 11 is 0. The number of nitrogens with one attached hydrogen (secondary N) is 2. The molecule has 22 heavy (non-hydrogen) atoms. The number of amides is 1. The van der Waals surface area contributed by atoms with Gasteiger partial charge in [0.1, 0.15) is 11.2 Å². The molecule has 5 heteroatoms. The van der Waals surface area contributed by atoms with Gasteiger partial charge in [0.2, 0.25) is 0 Å². The molecule has 0 aromatic rings. The van der Waals surface area contributed by atoms with Gasteiger partial charge in [0, 0.05) is 0 Å². The van der Waals surface area contributed by atoms with Gasteiger partial charge in [-0.05, 0) is 52.9 Å². The molecule has 0 spiro atoms. The third-order valence-electron chi connectivity index (χ3n) is 4.09. The number of alkyl carbamates (subject to hydrolysis) is 1. The lowest BCUT2D eigenvalue weighted by atomic mass is 9.94. The Labute approximate surface area is 133 Å². The van der Waals surface area contributed by atoms with Gasteiger partial charge in [0.25, 0.3) is 0 Å². The van der Waals surface area contributed by atoms with Crippen molar-refractivity contribution in [3.63, 3.8) is 0 Å². The van der Waals surface area contributed by atoms with Crippen LogP contribution in [0.25, 0.3) is 0 Å². The Morgan fingerprint density at radius 2 is 2.23 bits per heavy atom. The monoisotopic (exact) mass is 308 g/mol. The van der Waals surface area contributed by atoms with E-state index in [4.69, 9.17) is 14.9 Å². The fourth-order valence-electron chi connectivity index (χ4n) is 2.72. The van der Waals surface area contributed by atoms with Gasteiger partial charge in [-0.2, -0.15) is 0 Å². The molecule has 0 radical (unpaired) electrons. The van der Waals surface area contributed by atoms with Gasteiger partial charge in [0.05, 0.1) is 18.4 Å². The molecule has 1 fully saturated rings. The van der Waals surface area contributed by atoms with Gasteiger partial charge in [-0.1, -0.05) is 18.6 Å². The second kappa shape index (κ2) is 6.03. The molecule has 5 nitrogen and oxygen atoms in total. The number of allylic oxidation sites excluding steroid dienone is 1. The zero-order valence-electron chi connectivity index (χ0n) is 14.3. The number of carbonyl (C=O) groups is 1. The van der Waals surface area contributed by atoms with Crippen LogP contribution in [0.1, 0.15) is 53.9 Å². The smallest absolute Gasteiger partial charge is 0.408 e. The molecular weight excluding hydrogens is 280 g/mol. The standard InChI is InChI=1S/C17H28N2O3/c1-11-6-7-12(8-11)9-13(14(18)17(5)10-21-17)19-15(20)22-16(2,3)4/h8,11,13,18H,6-7,9-10H2,1-5H3,(H,19,20). The van der Waals surface area contributed by atoms with Gasteiger partial charge >= 0.3 is 6.09 Å². The maximum absolute atomic E-state index is 12.1. The van der Waals surface area contributed by atoms with Crippen LogP contribution in [0.15, 0.2) is 11.6 Å². The Kier molecular flexibility index (Phi) is 4.66. The van der Waals surface area contributed by atoms with Crippen LogP contribution >= 0.6 is 0 Å². The van der Waals surface area contributed by atoms with Crippen LogP contribution in [0.3, 0.4) is 0 Å². The Balaban J connectivity index is 2.03. The molecule has 2 aliphatic rings. The number of rotatable bonds is 5. The Morgan fingerprint density at radius 1 is 1.59 bits per heavy atom. The highest BCUT2D eigenvalue weighted by molar-refractivity contribution is 5.98. The summed E-state index contributed by atoms with van der Waals surface area (Å²) in [5.41, 5.74) is 0.670.